The van der Waals surface area contributed by atoms with Crippen LogP contribution in [0.25, 0.3) is 0 Å². The van der Waals surface area contributed by atoms with Crippen LogP contribution in [0.3, 0.4) is 0 Å². The first-order valence-electron chi connectivity index (χ1n) is 6.54. The summed E-state index contributed by atoms with van der Waals surface area (Å²) in [6.45, 7) is 11.3. The number of fused-ring (bicyclic) bond motifs is 1. The molecule has 0 bridgehead atoms. The fraction of sp³-hybridized carbons (Fsp3) is 0.800. The second kappa shape index (κ2) is 3.88. The molecule has 2 saturated carbocycles. The van der Waals surface area contributed by atoms with Crippen molar-refractivity contribution in [3.63, 3.8) is 0 Å². The van der Waals surface area contributed by atoms with Gasteiger partial charge in [-0.1, -0.05) is 12.2 Å². The Balaban J connectivity index is 2.12. The van der Waals surface area contributed by atoms with Crippen molar-refractivity contribution < 1.29 is 0 Å². The molecule has 0 aromatic heterocycles. The van der Waals surface area contributed by atoms with Gasteiger partial charge >= 0.3 is 0 Å². The summed E-state index contributed by atoms with van der Waals surface area (Å²) in [5, 5.41) is 0. The lowest BCUT2D eigenvalue weighted by Gasteiger charge is -2.42. The lowest BCUT2D eigenvalue weighted by Crippen LogP contribution is -2.39. The van der Waals surface area contributed by atoms with Gasteiger partial charge in [-0.25, -0.2) is 0 Å². The van der Waals surface area contributed by atoms with Gasteiger partial charge < -0.3 is 0 Å². The normalized spacial score (nSPS) is 41.1. The largest absolute Gasteiger partial charge is 0.108 e. The zero-order chi connectivity index (χ0) is 11.1. The van der Waals surface area contributed by atoms with E-state index in [9.17, 15) is 0 Å². The average Bonchev–Trinajstić information content (AvgIpc) is 2.17. The number of rotatable bonds is 1. The molecule has 0 radical (unpaired) electrons. The topological polar surface area (TPSA) is 0 Å². The Kier molecular flexibility index (Phi) is 2.87. The van der Waals surface area contributed by atoms with E-state index in [1.54, 1.807) is 0 Å². The average molecular weight is 205 g/mol. The summed E-state index contributed by atoms with van der Waals surface area (Å²) < 4.78 is 0. The summed E-state index contributed by atoms with van der Waals surface area (Å²) in [4.78, 5) is 0. The zero-order valence-corrected chi connectivity index (χ0v) is 10.6. The SMILES string of the molecule is C=C(C)[C@H]1CC[C@@]2(C)CCC[C@@H](C)[C+]2C1. The molecule has 0 nitrogen and oxygen atoms in total. The fourth-order valence-electron chi connectivity index (χ4n) is 3.74. The lowest BCUT2D eigenvalue weighted by molar-refractivity contribution is 0.130. The van der Waals surface area contributed by atoms with Crippen LogP contribution in [0, 0.1) is 23.2 Å². The highest BCUT2D eigenvalue weighted by atomic mass is 14.5. The van der Waals surface area contributed by atoms with Gasteiger partial charge in [-0.15, -0.1) is 0 Å². The standard InChI is InChI=1S/C15H25/c1-11(2)13-7-9-15(4)8-5-6-12(3)14(15)10-13/h12-13H,1,5-10H2,2-4H3/q+1/t12-,13+,15-/m1/s1. The van der Waals surface area contributed by atoms with Gasteiger partial charge in [0.1, 0.15) is 5.41 Å². The van der Waals surface area contributed by atoms with E-state index in [1.807, 2.05) is 5.92 Å². The molecule has 15 heavy (non-hydrogen) atoms. The van der Waals surface area contributed by atoms with E-state index in [-0.39, 0.29) is 0 Å². The summed E-state index contributed by atoms with van der Waals surface area (Å²) in [6.07, 6.45) is 8.43. The Morgan fingerprint density at radius 1 is 1.33 bits per heavy atom. The number of hydrogen-bond donors (Lipinski definition) is 0. The molecule has 3 atom stereocenters. The first-order valence-corrected chi connectivity index (χ1v) is 6.54. The Bertz CT molecular complexity index is 253. The molecule has 84 valence electrons. The van der Waals surface area contributed by atoms with Gasteiger partial charge in [-0.05, 0) is 52.9 Å². The quantitative estimate of drug-likeness (QED) is 0.427. The van der Waals surface area contributed by atoms with Gasteiger partial charge in [0.15, 0.2) is 0 Å². The second-order valence-electron chi connectivity index (χ2n) is 6.17. The molecule has 0 spiro atoms. The third-order valence-electron chi connectivity index (χ3n) is 4.94. The molecule has 2 aliphatic rings. The minimum Gasteiger partial charge on any atom is -0.0997 e. The lowest BCUT2D eigenvalue weighted by atomic mass is 9.54. The molecule has 0 saturated heterocycles. The van der Waals surface area contributed by atoms with Crippen LogP contribution in [0.1, 0.15) is 59.3 Å². The van der Waals surface area contributed by atoms with Crippen molar-refractivity contribution in [2.24, 2.45) is 17.3 Å². The molecule has 0 heteroatoms. The summed E-state index contributed by atoms with van der Waals surface area (Å²) in [7, 11) is 0. The molecule has 2 rings (SSSR count). The maximum absolute atomic E-state index is 4.15. The summed E-state index contributed by atoms with van der Waals surface area (Å²) in [5.74, 6) is 3.52. The van der Waals surface area contributed by atoms with Crippen molar-refractivity contribution in [2.45, 2.75) is 59.3 Å². The van der Waals surface area contributed by atoms with Crippen molar-refractivity contribution in [3.05, 3.63) is 18.1 Å². The van der Waals surface area contributed by atoms with Crippen molar-refractivity contribution in [1.82, 2.24) is 0 Å². The number of allylic oxidation sites excluding steroid dienone is 1. The Labute approximate surface area is 95.1 Å². The third-order valence-corrected chi connectivity index (χ3v) is 4.94. The molecule has 0 N–H and O–H groups in total. The zero-order valence-electron chi connectivity index (χ0n) is 10.6. The van der Waals surface area contributed by atoms with Crippen molar-refractivity contribution >= 4 is 0 Å². The second-order valence-corrected chi connectivity index (χ2v) is 6.17. The molecular formula is C15H25+. The minimum absolute atomic E-state index is 0.587. The third kappa shape index (κ3) is 1.96. The van der Waals surface area contributed by atoms with Crippen LogP contribution in [0.4, 0.5) is 0 Å². The fourth-order valence-corrected chi connectivity index (χ4v) is 3.74. The molecule has 0 aromatic carbocycles. The van der Waals surface area contributed by atoms with Crippen LogP contribution in [-0.2, 0) is 0 Å². The van der Waals surface area contributed by atoms with Crippen molar-refractivity contribution in [3.8, 4) is 0 Å². The predicted octanol–water partition coefficient (Wildman–Crippen LogP) is 4.76. The highest BCUT2D eigenvalue weighted by Crippen LogP contribution is 2.55. The highest BCUT2D eigenvalue weighted by Gasteiger charge is 2.53. The molecule has 0 amide bonds. The van der Waals surface area contributed by atoms with Crippen LogP contribution in [0.2, 0.25) is 0 Å². The molecule has 0 heterocycles. The molecule has 2 fully saturated rings. The van der Waals surface area contributed by atoms with Gasteiger partial charge in [0, 0.05) is 5.92 Å². The van der Waals surface area contributed by atoms with Crippen LogP contribution in [-0.4, -0.2) is 0 Å². The summed E-state index contributed by atoms with van der Waals surface area (Å²) >= 11 is 0. The van der Waals surface area contributed by atoms with Crippen LogP contribution in [0.5, 0.6) is 0 Å². The molecule has 0 unspecified atom stereocenters. The number of hydrogen-bond acceptors (Lipinski definition) is 0. The maximum atomic E-state index is 4.15. The van der Waals surface area contributed by atoms with Gasteiger partial charge in [0.25, 0.3) is 0 Å². The molecule has 2 aliphatic carbocycles. The van der Waals surface area contributed by atoms with E-state index < -0.39 is 0 Å². The monoisotopic (exact) mass is 205 g/mol. The van der Waals surface area contributed by atoms with Gasteiger partial charge in [0.2, 0.25) is 0 Å². The van der Waals surface area contributed by atoms with Crippen LogP contribution < -0.4 is 0 Å². The van der Waals surface area contributed by atoms with E-state index in [1.165, 1.54) is 44.1 Å². The molecule has 0 aromatic rings. The van der Waals surface area contributed by atoms with Crippen LogP contribution in [0.15, 0.2) is 12.2 Å². The van der Waals surface area contributed by atoms with Gasteiger partial charge in [0.05, 0.1) is 18.3 Å². The summed E-state index contributed by atoms with van der Waals surface area (Å²) in [6, 6.07) is 0. The van der Waals surface area contributed by atoms with Gasteiger partial charge in [-0.3, -0.25) is 0 Å². The van der Waals surface area contributed by atoms with E-state index in [0.29, 0.717) is 5.41 Å². The van der Waals surface area contributed by atoms with Gasteiger partial charge in [-0.2, -0.15) is 0 Å². The smallest absolute Gasteiger partial charge is 0.0997 e. The van der Waals surface area contributed by atoms with Crippen molar-refractivity contribution in [2.75, 3.05) is 0 Å². The predicted molar refractivity (Wildman–Crippen MR) is 66.5 cm³/mol. The van der Waals surface area contributed by atoms with E-state index >= 15 is 0 Å². The van der Waals surface area contributed by atoms with Crippen molar-refractivity contribution in [1.29, 1.82) is 0 Å². The molecular weight excluding hydrogens is 180 g/mol. The first kappa shape index (κ1) is 11.1. The van der Waals surface area contributed by atoms with E-state index in [0.717, 1.165) is 11.8 Å². The molecule has 0 aliphatic heterocycles. The Hall–Kier alpha value is -0.390. The highest BCUT2D eigenvalue weighted by molar-refractivity contribution is 5.17. The summed E-state index contributed by atoms with van der Waals surface area (Å²) in [5.41, 5.74) is 1.99. The van der Waals surface area contributed by atoms with E-state index in [2.05, 4.69) is 27.4 Å². The minimum atomic E-state index is 0.587. The van der Waals surface area contributed by atoms with Crippen LogP contribution >= 0.6 is 0 Å². The maximum Gasteiger partial charge on any atom is 0.108 e. The Morgan fingerprint density at radius 2 is 2.07 bits per heavy atom. The Morgan fingerprint density at radius 3 is 2.73 bits per heavy atom. The van der Waals surface area contributed by atoms with E-state index in [4.69, 9.17) is 0 Å². The first-order chi connectivity index (χ1) is 7.03.